The predicted molar refractivity (Wildman–Crippen MR) is 75.7 cm³/mol. The van der Waals surface area contributed by atoms with Crippen LogP contribution in [-0.4, -0.2) is 43.7 Å². The summed E-state index contributed by atoms with van der Waals surface area (Å²) >= 11 is 0. The van der Waals surface area contributed by atoms with Gasteiger partial charge in [0.1, 0.15) is 0 Å². The zero-order chi connectivity index (χ0) is 13.7. The van der Waals surface area contributed by atoms with E-state index in [1.54, 1.807) is 7.11 Å². The van der Waals surface area contributed by atoms with E-state index in [1.165, 1.54) is 19.3 Å². The molecule has 3 unspecified atom stereocenters. The van der Waals surface area contributed by atoms with Crippen molar-refractivity contribution < 1.29 is 9.53 Å². The largest absolute Gasteiger partial charge is 0.384 e. The maximum Gasteiger partial charge on any atom is 0.222 e. The summed E-state index contributed by atoms with van der Waals surface area (Å²) in [5, 5.41) is 0. The molecule has 19 heavy (non-hydrogen) atoms. The van der Waals surface area contributed by atoms with Crippen molar-refractivity contribution >= 4 is 5.91 Å². The Morgan fingerprint density at radius 1 is 1.26 bits per heavy atom. The molecule has 4 heteroatoms. The van der Waals surface area contributed by atoms with Crippen molar-refractivity contribution in [1.82, 2.24) is 4.90 Å². The molecule has 1 saturated carbocycles. The summed E-state index contributed by atoms with van der Waals surface area (Å²) in [4.78, 5) is 14.4. The van der Waals surface area contributed by atoms with Gasteiger partial charge in [0.2, 0.25) is 5.91 Å². The lowest BCUT2D eigenvalue weighted by atomic mass is 9.83. The van der Waals surface area contributed by atoms with Crippen molar-refractivity contribution in [2.75, 3.05) is 26.8 Å². The number of amides is 1. The van der Waals surface area contributed by atoms with Gasteiger partial charge in [0.25, 0.3) is 0 Å². The van der Waals surface area contributed by atoms with E-state index in [-0.39, 0.29) is 0 Å². The number of methoxy groups -OCH3 is 1. The third-order valence-corrected chi connectivity index (χ3v) is 4.56. The number of likely N-dealkylation sites (tertiary alicyclic amines) is 1. The molecule has 4 nitrogen and oxygen atoms in total. The summed E-state index contributed by atoms with van der Waals surface area (Å²) in [5.41, 5.74) is 6.00. The minimum atomic E-state index is 0.314. The van der Waals surface area contributed by atoms with Gasteiger partial charge in [0.15, 0.2) is 0 Å². The van der Waals surface area contributed by atoms with Gasteiger partial charge >= 0.3 is 0 Å². The summed E-state index contributed by atoms with van der Waals surface area (Å²) in [6.07, 6.45) is 7.52. The molecular formula is C15H28N2O2. The van der Waals surface area contributed by atoms with Crippen LogP contribution in [0.3, 0.4) is 0 Å². The average Bonchev–Trinajstić information content (AvgIpc) is 2.39. The summed E-state index contributed by atoms with van der Waals surface area (Å²) < 4.78 is 5.22. The molecule has 0 radical (unpaired) electrons. The molecule has 1 heterocycles. The Hall–Kier alpha value is -0.610. The van der Waals surface area contributed by atoms with E-state index in [9.17, 15) is 4.79 Å². The van der Waals surface area contributed by atoms with Crippen molar-refractivity contribution in [3.05, 3.63) is 0 Å². The van der Waals surface area contributed by atoms with Crippen LogP contribution in [0.25, 0.3) is 0 Å². The van der Waals surface area contributed by atoms with Crippen molar-refractivity contribution in [2.45, 2.75) is 51.0 Å². The van der Waals surface area contributed by atoms with Gasteiger partial charge < -0.3 is 15.4 Å². The Balaban J connectivity index is 1.78. The summed E-state index contributed by atoms with van der Waals surface area (Å²) in [5.74, 6) is 1.37. The molecule has 0 aromatic heterocycles. The average molecular weight is 268 g/mol. The van der Waals surface area contributed by atoms with Crippen LogP contribution in [0.15, 0.2) is 0 Å². The van der Waals surface area contributed by atoms with Crippen LogP contribution in [-0.2, 0) is 9.53 Å². The van der Waals surface area contributed by atoms with E-state index in [0.29, 0.717) is 30.2 Å². The minimum Gasteiger partial charge on any atom is -0.384 e. The Bertz CT molecular complexity index is 294. The molecule has 3 atom stereocenters. The zero-order valence-electron chi connectivity index (χ0n) is 12.1. The number of carbonyl (C=O) groups is 1. The first-order valence-corrected chi connectivity index (χ1v) is 7.71. The molecule has 2 N–H and O–H groups in total. The highest BCUT2D eigenvalue weighted by atomic mass is 16.5. The van der Waals surface area contributed by atoms with Crippen LogP contribution in [0.1, 0.15) is 44.9 Å². The van der Waals surface area contributed by atoms with Gasteiger partial charge in [-0.15, -0.1) is 0 Å². The smallest absolute Gasteiger partial charge is 0.222 e. The molecule has 1 aliphatic carbocycles. The first-order valence-electron chi connectivity index (χ1n) is 7.71. The molecule has 2 fully saturated rings. The van der Waals surface area contributed by atoms with Crippen LogP contribution >= 0.6 is 0 Å². The van der Waals surface area contributed by atoms with E-state index < -0.39 is 0 Å². The maximum atomic E-state index is 12.4. The van der Waals surface area contributed by atoms with Crippen molar-refractivity contribution in [3.63, 3.8) is 0 Å². The fourth-order valence-electron chi connectivity index (χ4n) is 3.56. The lowest BCUT2D eigenvalue weighted by Crippen LogP contribution is -2.42. The lowest BCUT2D eigenvalue weighted by molar-refractivity contribution is -0.134. The normalized spacial score (nSPS) is 32.3. The number of hydrogen-bond acceptors (Lipinski definition) is 3. The van der Waals surface area contributed by atoms with E-state index in [4.69, 9.17) is 10.5 Å². The monoisotopic (exact) mass is 268 g/mol. The quantitative estimate of drug-likeness (QED) is 0.845. The fourth-order valence-corrected chi connectivity index (χ4v) is 3.56. The van der Waals surface area contributed by atoms with E-state index in [0.717, 1.165) is 39.0 Å². The Morgan fingerprint density at radius 2 is 2.05 bits per heavy atom. The van der Waals surface area contributed by atoms with E-state index in [1.807, 2.05) is 4.90 Å². The van der Waals surface area contributed by atoms with Gasteiger partial charge in [-0.1, -0.05) is 6.42 Å². The van der Waals surface area contributed by atoms with Crippen molar-refractivity contribution in [1.29, 1.82) is 0 Å². The Labute approximate surface area is 116 Å². The van der Waals surface area contributed by atoms with E-state index >= 15 is 0 Å². The van der Waals surface area contributed by atoms with Crippen LogP contribution in [0.5, 0.6) is 0 Å². The predicted octanol–water partition coefficient (Wildman–Crippen LogP) is 1.78. The number of ether oxygens (including phenoxy) is 1. The van der Waals surface area contributed by atoms with Crippen LogP contribution < -0.4 is 5.73 Å². The number of piperidine rings is 1. The van der Waals surface area contributed by atoms with E-state index in [2.05, 4.69) is 0 Å². The molecule has 0 aromatic carbocycles. The number of nitrogens with two attached hydrogens (primary N) is 1. The summed E-state index contributed by atoms with van der Waals surface area (Å²) in [6.45, 7) is 2.58. The maximum absolute atomic E-state index is 12.4. The highest BCUT2D eigenvalue weighted by Crippen LogP contribution is 2.27. The number of rotatable bonds is 4. The lowest BCUT2D eigenvalue weighted by Gasteiger charge is -2.34. The third-order valence-electron chi connectivity index (χ3n) is 4.56. The Kier molecular flexibility index (Phi) is 5.64. The van der Waals surface area contributed by atoms with Gasteiger partial charge in [-0.2, -0.15) is 0 Å². The molecular weight excluding hydrogens is 240 g/mol. The highest BCUT2D eigenvalue weighted by molar-refractivity contribution is 5.76. The SMILES string of the molecule is COCC1CCCN(C(=O)CC2CCCC(N)C2)C1. The zero-order valence-corrected chi connectivity index (χ0v) is 12.1. The van der Waals surface area contributed by atoms with Gasteiger partial charge in [-0.05, 0) is 43.9 Å². The molecule has 1 aliphatic heterocycles. The minimum absolute atomic E-state index is 0.314. The van der Waals surface area contributed by atoms with Gasteiger partial charge in [0.05, 0.1) is 6.61 Å². The molecule has 0 aromatic rings. The van der Waals surface area contributed by atoms with Crippen molar-refractivity contribution in [3.8, 4) is 0 Å². The second-order valence-electron chi connectivity index (χ2n) is 6.30. The fraction of sp³-hybridized carbons (Fsp3) is 0.933. The van der Waals surface area contributed by atoms with Crippen molar-refractivity contribution in [2.24, 2.45) is 17.6 Å². The molecule has 2 rings (SSSR count). The topological polar surface area (TPSA) is 55.6 Å². The second kappa shape index (κ2) is 7.25. The second-order valence-corrected chi connectivity index (χ2v) is 6.30. The van der Waals surface area contributed by atoms with Gasteiger partial charge in [-0.3, -0.25) is 4.79 Å². The molecule has 0 spiro atoms. The molecule has 2 aliphatic rings. The summed E-state index contributed by atoms with van der Waals surface area (Å²) in [6, 6.07) is 0.314. The third kappa shape index (κ3) is 4.46. The highest BCUT2D eigenvalue weighted by Gasteiger charge is 2.27. The number of nitrogens with zero attached hydrogens (tertiary/aromatic N) is 1. The molecule has 0 bridgehead atoms. The first kappa shape index (κ1) is 14.8. The number of hydrogen-bond donors (Lipinski definition) is 1. The molecule has 110 valence electrons. The first-order chi connectivity index (χ1) is 9.19. The Morgan fingerprint density at radius 3 is 2.79 bits per heavy atom. The standard InChI is InChI=1S/C15H28N2O2/c1-19-11-13-5-3-7-17(10-13)15(18)9-12-4-2-6-14(16)8-12/h12-14H,2-11,16H2,1H3. The number of carbonyl (C=O) groups excluding carboxylic acids is 1. The van der Waals surface area contributed by atoms with Crippen LogP contribution in [0.2, 0.25) is 0 Å². The van der Waals surface area contributed by atoms with Crippen LogP contribution in [0, 0.1) is 11.8 Å². The van der Waals surface area contributed by atoms with Gasteiger partial charge in [0, 0.05) is 32.7 Å². The van der Waals surface area contributed by atoms with Crippen LogP contribution in [0.4, 0.5) is 0 Å². The summed E-state index contributed by atoms with van der Waals surface area (Å²) in [7, 11) is 1.74. The molecule has 1 saturated heterocycles. The molecule has 1 amide bonds. The van der Waals surface area contributed by atoms with Gasteiger partial charge in [-0.25, -0.2) is 0 Å².